The largest absolute Gasteiger partial charge is 0.741 e. The van der Waals surface area contributed by atoms with E-state index in [1.54, 1.807) is 12.1 Å². The summed E-state index contributed by atoms with van der Waals surface area (Å²) in [5.74, 6) is -0.326. The van der Waals surface area contributed by atoms with Crippen LogP contribution in [0.3, 0.4) is 0 Å². The van der Waals surface area contributed by atoms with Crippen molar-refractivity contribution in [3.05, 3.63) is 143 Å². The van der Waals surface area contributed by atoms with Gasteiger partial charge in [0.15, 0.2) is 10.1 Å². The monoisotopic (exact) mass is 608 g/mol. The van der Waals surface area contributed by atoms with Crippen LogP contribution in [0.15, 0.2) is 115 Å². The van der Waals surface area contributed by atoms with Crippen molar-refractivity contribution in [3.8, 4) is 0 Å². The summed E-state index contributed by atoms with van der Waals surface area (Å²) in [4.78, 5) is 28.0. The standard InChI is InChI=1S/C31H27N2O2.CHF3O3S/c34-30-27-18-10-11-19-28(27)31(35)32(30)26-21-33(22-26,20-23-12-4-1-5-13-23)29(24-14-6-2-7-15-24)25-16-8-3-9-17-25;2-1(3,4)8(5,6)7/h1-19,26,29H,20-22H2;(H,5,6,7)/q+1;/p-1. The lowest BCUT2D eigenvalue weighted by molar-refractivity contribution is -1.00. The SMILES string of the molecule is O=C1c2ccccc2C(=O)N1C1C[N+](Cc2ccccc2)(C(c2ccccc2)c2ccccc2)C1.O=S(=O)([O-])C(F)(F)F. The Labute approximate surface area is 247 Å². The molecule has 7 nitrogen and oxygen atoms in total. The van der Waals surface area contributed by atoms with E-state index in [9.17, 15) is 22.8 Å². The van der Waals surface area contributed by atoms with Crippen LogP contribution in [0, 0.1) is 0 Å². The zero-order chi connectivity index (χ0) is 30.8. The van der Waals surface area contributed by atoms with E-state index in [1.165, 1.54) is 21.6 Å². The molecule has 0 N–H and O–H groups in total. The van der Waals surface area contributed by atoms with E-state index < -0.39 is 15.6 Å². The fourth-order valence-electron chi connectivity index (χ4n) is 5.96. The molecule has 0 aliphatic carbocycles. The summed E-state index contributed by atoms with van der Waals surface area (Å²) >= 11 is 0. The molecule has 2 aliphatic rings. The summed E-state index contributed by atoms with van der Waals surface area (Å²) in [5.41, 5.74) is -0.856. The number of rotatable bonds is 6. The van der Waals surface area contributed by atoms with Crippen LogP contribution < -0.4 is 0 Å². The maximum atomic E-state index is 13.2. The Morgan fingerprint density at radius 1 is 0.721 bits per heavy atom. The Morgan fingerprint density at radius 3 is 1.49 bits per heavy atom. The van der Waals surface area contributed by atoms with Gasteiger partial charge in [-0.15, -0.1) is 0 Å². The van der Waals surface area contributed by atoms with Gasteiger partial charge < -0.3 is 9.04 Å². The van der Waals surface area contributed by atoms with E-state index in [-0.39, 0.29) is 23.9 Å². The van der Waals surface area contributed by atoms with Gasteiger partial charge in [-0.2, -0.15) is 13.2 Å². The number of amides is 2. The van der Waals surface area contributed by atoms with Crippen molar-refractivity contribution < 1.29 is 40.2 Å². The molecule has 222 valence electrons. The number of carbonyl (C=O) groups excluding carboxylic acids is 2. The molecule has 6 rings (SSSR count). The number of hydrogen-bond acceptors (Lipinski definition) is 5. The third-order valence-corrected chi connectivity index (χ3v) is 8.31. The van der Waals surface area contributed by atoms with Crippen molar-refractivity contribution in [3.63, 3.8) is 0 Å². The first kappa shape index (κ1) is 30.1. The van der Waals surface area contributed by atoms with Gasteiger partial charge in [-0.05, 0) is 12.1 Å². The topological polar surface area (TPSA) is 94.6 Å². The Balaban J connectivity index is 0.000000407. The van der Waals surface area contributed by atoms with Crippen LogP contribution in [-0.4, -0.2) is 58.8 Å². The van der Waals surface area contributed by atoms with E-state index >= 15 is 0 Å². The highest BCUT2D eigenvalue weighted by Gasteiger charge is 2.56. The zero-order valence-corrected chi connectivity index (χ0v) is 23.5. The highest BCUT2D eigenvalue weighted by atomic mass is 32.2. The molecule has 0 atom stereocenters. The molecule has 4 aromatic carbocycles. The number of hydrogen-bond donors (Lipinski definition) is 0. The third kappa shape index (κ3) is 6.10. The number of fused-ring (bicyclic) bond motifs is 1. The third-order valence-electron chi connectivity index (χ3n) is 7.74. The molecule has 0 bridgehead atoms. The van der Waals surface area contributed by atoms with Gasteiger partial charge in [-0.3, -0.25) is 14.5 Å². The predicted molar refractivity (Wildman–Crippen MR) is 151 cm³/mol. The molecule has 0 radical (unpaired) electrons. The van der Waals surface area contributed by atoms with Crippen molar-refractivity contribution in [1.29, 1.82) is 0 Å². The first-order valence-electron chi connectivity index (χ1n) is 13.4. The molecule has 1 saturated heterocycles. The molecular weight excluding hydrogens is 581 g/mol. The van der Waals surface area contributed by atoms with Crippen LogP contribution in [0.1, 0.15) is 43.4 Å². The van der Waals surface area contributed by atoms with Crippen molar-refractivity contribution in [1.82, 2.24) is 4.90 Å². The molecule has 43 heavy (non-hydrogen) atoms. The number of benzene rings is 4. The highest BCUT2D eigenvalue weighted by molar-refractivity contribution is 7.86. The molecular formula is C32H27F3N2O5S. The Hall–Kier alpha value is -4.32. The van der Waals surface area contributed by atoms with Crippen LogP contribution in [0.2, 0.25) is 0 Å². The molecule has 0 spiro atoms. The fourth-order valence-corrected chi connectivity index (χ4v) is 5.96. The van der Waals surface area contributed by atoms with Gasteiger partial charge >= 0.3 is 5.51 Å². The zero-order valence-electron chi connectivity index (χ0n) is 22.7. The minimum absolute atomic E-state index is 0.101. The van der Waals surface area contributed by atoms with E-state index in [0.717, 1.165) is 24.1 Å². The first-order valence-corrected chi connectivity index (χ1v) is 14.8. The summed E-state index contributed by atoms with van der Waals surface area (Å²) in [6, 6.07) is 38.9. The fraction of sp³-hybridized carbons (Fsp3) is 0.188. The molecule has 0 saturated carbocycles. The number of nitrogens with zero attached hydrogens (tertiary/aromatic N) is 2. The quantitative estimate of drug-likeness (QED) is 0.124. The lowest BCUT2D eigenvalue weighted by Crippen LogP contribution is -2.72. The number of imide groups is 1. The highest BCUT2D eigenvalue weighted by Crippen LogP contribution is 2.44. The van der Waals surface area contributed by atoms with Crippen LogP contribution in [0.5, 0.6) is 0 Å². The van der Waals surface area contributed by atoms with Crippen LogP contribution in [0.25, 0.3) is 0 Å². The number of likely N-dealkylation sites (tertiary alicyclic amines) is 1. The summed E-state index contributed by atoms with van der Waals surface area (Å²) in [6.45, 7) is 2.26. The number of alkyl halides is 3. The first-order chi connectivity index (χ1) is 20.4. The van der Waals surface area contributed by atoms with Gasteiger partial charge in [0.2, 0.25) is 0 Å². The van der Waals surface area contributed by atoms with E-state index in [4.69, 9.17) is 13.0 Å². The second-order valence-electron chi connectivity index (χ2n) is 10.5. The van der Waals surface area contributed by atoms with Gasteiger partial charge in [-0.1, -0.05) is 103 Å². The van der Waals surface area contributed by atoms with Gasteiger partial charge in [0.05, 0.1) is 11.1 Å². The van der Waals surface area contributed by atoms with Crippen molar-refractivity contribution in [2.45, 2.75) is 24.1 Å². The van der Waals surface area contributed by atoms with Crippen LogP contribution >= 0.6 is 0 Å². The Morgan fingerprint density at radius 2 is 1.09 bits per heavy atom. The normalized spacial score (nSPS) is 19.8. The smallest absolute Gasteiger partial charge is 0.485 e. The second-order valence-corrected chi connectivity index (χ2v) is 11.9. The molecule has 1 fully saturated rings. The summed E-state index contributed by atoms with van der Waals surface area (Å²) in [6.07, 6.45) is 0. The molecule has 2 aliphatic heterocycles. The minimum atomic E-state index is -6.09. The number of quaternary nitrogens is 1. The van der Waals surface area contributed by atoms with Gasteiger partial charge in [-0.25, -0.2) is 8.42 Å². The van der Waals surface area contributed by atoms with Crippen molar-refractivity contribution in [2.75, 3.05) is 13.1 Å². The second kappa shape index (κ2) is 11.8. The van der Waals surface area contributed by atoms with Crippen molar-refractivity contribution >= 4 is 21.9 Å². The summed E-state index contributed by atoms with van der Waals surface area (Å²) < 4.78 is 59.7. The van der Waals surface area contributed by atoms with E-state index in [2.05, 4.69) is 72.8 Å². The van der Waals surface area contributed by atoms with Gasteiger partial charge in [0.1, 0.15) is 31.7 Å². The number of halogens is 3. The average molecular weight is 609 g/mol. The molecule has 0 aromatic heterocycles. The van der Waals surface area contributed by atoms with Crippen LogP contribution in [0.4, 0.5) is 13.2 Å². The molecule has 11 heteroatoms. The van der Waals surface area contributed by atoms with E-state index in [1.807, 2.05) is 30.3 Å². The maximum Gasteiger partial charge on any atom is 0.485 e. The lowest BCUT2D eigenvalue weighted by atomic mass is 9.87. The molecule has 2 amide bonds. The lowest BCUT2D eigenvalue weighted by Gasteiger charge is -2.56. The predicted octanol–water partition coefficient (Wildman–Crippen LogP) is 5.52. The Bertz CT molecular complexity index is 1640. The van der Waals surface area contributed by atoms with Crippen LogP contribution in [-0.2, 0) is 16.7 Å². The number of carbonyl (C=O) groups is 2. The van der Waals surface area contributed by atoms with Gasteiger partial charge in [0.25, 0.3) is 11.8 Å². The molecule has 2 heterocycles. The summed E-state index contributed by atoms with van der Waals surface area (Å²) in [5, 5.41) is 0. The van der Waals surface area contributed by atoms with E-state index in [0.29, 0.717) is 11.1 Å². The molecule has 0 unspecified atom stereocenters. The van der Waals surface area contributed by atoms with Crippen molar-refractivity contribution in [2.24, 2.45) is 0 Å². The average Bonchev–Trinajstić information content (AvgIpc) is 3.22. The maximum absolute atomic E-state index is 13.2. The minimum Gasteiger partial charge on any atom is -0.741 e. The van der Waals surface area contributed by atoms with Gasteiger partial charge in [0, 0.05) is 16.7 Å². The summed E-state index contributed by atoms with van der Waals surface area (Å²) in [7, 11) is -6.09. The molecule has 4 aromatic rings. The Kier molecular flexibility index (Phi) is 8.24.